The molecule has 1 fully saturated rings. The Morgan fingerprint density at radius 3 is 2.55 bits per heavy atom. The van der Waals surface area contributed by atoms with E-state index in [1.54, 1.807) is 32.4 Å². The number of aromatic nitrogens is 6. The van der Waals surface area contributed by atoms with Crippen LogP contribution in [0.15, 0.2) is 42.7 Å². The average Bonchev–Trinajstić information content (AvgIpc) is 3.33. The number of rotatable bonds is 9. The van der Waals surface area contributed by atoms with Gasteiger partial charge in [0.25, 0.3) is 0 Å². The van der Waals surface area contributed by atoms with Crippen LogP contribution in [0.3, 0.4) is 0 Å². The maximum Gasteiger partial charge on any atom is 0.316 e. The molecule has 0 spiro atoms. The summed E-state index contributed by atoms with van der Waals surface area (Å²) < 4.78 is 40.6. The SMILES string of the molecule is COc1ncc(CNC2(C(=O)NC(C)c3ccc(-c4cc(Cl)cc(F)c4-c4nnn(C)n4)cc3F)COC2)cn1. The summed E-state index contributed by atoms with van der Waals surface area (Å²) in [7, 11) is 3.03. The van der Waals surface area contributed by atoms with E-state index in [4.69, 9.17) is 21.1 Å². The summed E-state index contributed by atoms with van der Waals surface area (Å²) >= 11 is 6.11. The summed E-state index contributed by atoms with van der Waals surface area (Å²) in [5.41, 5.74) is 0.724. The van der Waals surface area contributed by atoms with Crippen molar-refractivity contribution in [3.8, 4) is 28.5 Å². The van der Waals surface area contributed by atoms with E-state index in [1.165, 1.54) is 30.1 Å². The lowest BCUT2D eigenvalue weighted by Gasteiger charge is -2.41. The van der Waals surface area contributed by atoms with Gasteiger partial charge in [-0.3, -0.25) is 10.1 Å². The first kappa shape index (κ1) is 27.5. The lowest BCUT2D eigenvalue weighted by Crippen LogP contribution is -2.68. The molecule has 11 nitrogen and oxygen atoms in total. The Labute approximate surface area is 232 Å². The van der Waals surface area contributed by atoms with Gasteiger partial charge in [-0.25, -0.2) is 18.7 Å². The van der Waals surface area contributed by atoms with Crippen LogP contribution in [-0.4, -0.2) is 61.9 Å². The standard InChI is InChI=1S/C26H25ClF2N8O3/c1-14(33-24(38)26(12-40-13-26)32-11-15-9-30-25(39-3)31-10-15)18-5-4-16(6-20(18)28)19-7-17(27)8-21(29)22(19)23-34-36-37(2)35-23/h4-10,14,32H,11-13H2,1-3H3,(H,33,38). The highest BCUT2D eigenvalue weighted by Crippen LogP contribution is 2.36. The number of carbonyl (C=O) groups excluding carboxylic acids is 1. The number of hydrogen-bond acceptors (Lipinski definition) is 9. The summed E-state index contributed by atoms with van der Waals surface area (Å²) in [6, 6.07) is 6.62. The smallest absolute Gasteiger partial charge is 0.316 e. The molecule has 1 saturated heterocycles. The van der Waals surface area contributed by atoms with Gasteiger partial charge in [0.05, 0.1) is 39.0 Å². The van der Waals surface area contributed by atoms with Gasteiger partial charge in [-0.05, 0) is 41.5 Å². The fraction of sp³-hybridized carbons (Fsp3) is 0.308. The molecule has 1 unspecified atom stereocenters. The summed E-state index contributed by atoms with van der Waals surface area (Å²) in [5, 5.41) is 17.9. The first-order valence-electron chi connectivity index (χ1n) is 12.2. The van der Waals surface area contributed by atoms with Crippen molar-refractivity contribution in [2.45, 2.75) is 25.0 Å². The van der Waals surface area contributed by atoms with Gasteiger partial charge >= 0.3 is 6.01 Å². The second-order valence-electron chi connectivity index (χ2n) is 9.35. The molecule has 1 aliphatic rings. The molecule has 208 valence electrons. The van der Waals surface area contributed by atoms with Gasteiger partial charge in [0.15, 0.2) is 0 Å². The number of halogens is 3. The van der Waals surface area contributed by atoms with Gasteiger partial charge in [0, 0.05) is 35.1 Å². The van der Waals surface area contributed by atoms with Crippen LogP contribution < -0.4 is 15.4 Å². The van der Waals surface area contributed by atoms with E-state index in [-0.39, 0.29) is 47.1 Å². The lowest BCUT2D eigenvalue weighted by atomic mass is 9.93. The molecule has 1 amide bonds. The third-order valence-corrected chi connectivity index (χ3v) is 6.76. The molecule has 40 heavy (non-hydrogen) atoms. The van der Waals surface area contributed by atoms with Crippen molar-refractivity contribution in [1.82, 2.24) is 40.8 Å². The van der Waals surface area contributed by atoms with Gasteiger partial charge in [0.1, 0.15) is 17.2 Å². The fourth-order valence-electron chi connectivity index (χ4n) is 4.30. The van der Waals surface area contributed by atoms with E-state index in [0.717, 1.165) is 11.6 Å². The minimum absolute atomic E-state index is 0.0403. The zero-order valence-corrected chi connectivity index (χ0v) is 22.5. The van der Waals surface area contributed by atoms with E-state index < -0.39 is 23.2 Å². The fourth-order valence-corrected chi connectivity index (χ4v) is 4.51. The predicted molar refractivity (Wildman–Crippen MR) is 140 cm³/mol. The molecular formula is C26H25ClF2N8O3. The van der Waals surface area contributed by atoms with E-state index in [2.05, 4.69) is 36.0 Å². The molecule has 1 atom stereocenters. The van der Waals surface area contributed by atoms with Gasteiger partial charge < -0.3 is 14.8 Å². The van der Waals surface area contributed by atoms with Crippen LogP contribution in [-0.2, 0) is 23.1 Å². The van der Waals surface area contributed by atoms with Crippen molar-refractivity contribution in [3.63, 3.8) is 0 Å². The number of methoxy groups -OCH3 is 1. The summed E-state index contributed by atoms with van der Waals surface area (Å²) in [5.74, 6) is -1.55. The number of carbonyl (C=O) groups is 1. The molecule has 0 radical (unpaired) electrons. The quantitative estimate of drug-likeness (QED) is 0.312. The zero-order valence-electron chi connectivity index (χ0n) is 21.8. The van der Waals surface area contributed by atoms with E-state index in [1.807, 2.05) is 0 Å². The zero-order chi connectivity index (χ0) is 28.4. The number of hydrogen-bond donors (Lipinski definition) is 2. The molecule has 4 aromatic rings. The molecule has 2 N–H and O–H groups in total. The van der Waals surface area contributed by atoms with Gasteiger partial charge in [-0.1, -0.05) is 23.7 Å². The largest absolute Gasteiger partial charge is 0.467 e. The molecular weight excluding hydrogens is 546 g/mol. The number of aryl methyl sites for hydroxylation is 1. The number of amides is 1. The van der Waals surface area contributed by atoms with Crippen molar-refractivity contribution < 1.29 is 23.0 Å². The molecule has 0 bridgehead atoms. The second kappa shape index (κ2) is 11.2. The first-order valence-corrected chi connectivity index (χ1v) is 12.6. The van der Waals surface area contributed by atoms with Crippen molar-refractivity contribution >= 4 is 17.5 Å². The number of ether oxygens (including phenoxy) is 2. The molecule has 0 saturated carbocycles. The number of benzene rings is 2. The molecule has 2 aromatic heterocycles. The Kier molecular flexibility index (Phi) is 7.70. The van der Waals surface area contributed by atoms with Crippen LogP contribution >= 0.6 is 11.6 Å². The minimum atomic E-state index is -0.985. The highest BCUT2D eigenvalue weighted by Gasteiger charge is 2.46. The third-order valence-electron chi connectivity index (χ3n) is 6.54. The van der Waals surface area contributed by atoms with Gasteiger partial charge in [-0.15, -0.1) is 10.2 Å². The van der Waals surface area contributed by atoms with Crippen LogP contribution in [0.2, 0.25) is 5.02 Å². The van der Waals surface area contributed by atoms with E-state index in [9.17, 15) is 9.18 Å². The Bertz CT molecular complexity index is 1550. The summed E-state index contributed by atoms with van der Waals surface area (Å²) in [4.78, 5) is 22.5. The highest BCUT2D eigenvalue weighted by atomic mass is 35.5. The molecule has 14 heteroatoms. The average molecular weight is 571 g/mol. The van der Waals surface area contributed by atoms with Crippen molar-refractivity contribution in [3.05, 3.63) is 70.5 Å². The molecule has 3 heterocycles. The number of tetrazole rings is 1. The molecule has 5 rings (SSSR count). The van der Waals surface area contributed by atoms with E-state index >= 15 is 4.39 Å². The van der Waals surface area contributed by atoms with Crippen LogP contribution in [0.5, 0.6) is 6.01 Å². The van der Waals surface area contributed by atoms with Crippen LogP contribution in [0.25, 0.3) is 22.5 Å². The van der Waals surface area contributed by atoms with Crippen molar-refractivity contribution in [2.24, 2.45) is 7.05 Å². The minimum Gasteiger partial charge on any atom is -0.467 e. The van der Waals surface area contributed by atoms with Gasteiger partial charge in [0.2, 0.25) is 11.7 Å². The molecule has 1 aliphatic heterocycles. The maximum atomic E-state index is 15.4. The van der Waals surface area contributed by atoms with Crippen molar-refractivity contribution in [1.29, 1.82) is 0 Å². The Morgan fingerprint density at radius 2 is 1.95 bits per heavy atom. The van der Waals surface area contributed by atoms with Crippen molar-refractivity contribution in [2.75, 3.05) is 20.3 Å². The van der Waals surface area contributed by atoms with Gasteiger partial charge in [-0.2, -0.15) is 4.80 Å². The normalized spacial score (nSPS) is 14.8. The Hall–Kier alpha value is -4.07. The number of nitrogens with zero attached hydrogens (tertiary/aromatic N) is 6. The summed E-state index contributed by atoms with van der Waals surface area (Å²) in [6.07, 6.45) is 3.20. The molecule has 0 aliphatic carbocycles. The van der Waals surface area contributed by atoms with Crippen LogP contribution in [0, 0.1) is 11.6 Å². The maximum absolute atomic E-state index is 15.4. The summed E-state index contributed by atoms with van der Waals surface area (Å²) in [6.45, 7) is 2.30. The van der Waals surface area contributed by atoms with Crippen LogP contribution in [0.1, 0.15) is 24.1 Å². The molecule has 2 aromatic carbocycles. The highest BCUT2D eigenvalue weighted by molar-refractivity contribution is 6.31. The Morgan fingerprint density at radius 1 is 1.20 bits per heavy atom. The predicted octanol–water partition coefficient (Wildman–Crippen LogP) is 3.01. The second-order valence-corrected chi connectivity index (χ2v) is 9.79. The van der Waals surface area contributed by atoms with Crippen LogP contribution in [0.4, 0.5) is 8.78 Å². The third kappa shape index (κ3) is 5.48. The Balaban J connectivity index is 1.33. The monoisotopic (exact) mass is 570 g/mol. The first-order chi connectivity index (χ1) is 19.2. The lowest BCUT2D eigenvalue weighted by molar-refractivity contribution is -0.149. The van der Waals surface area contributed by atoms with E-state index in [0.29, 0.717) is 17.7 Å². The topological polar surface area (TPSA) is 129 Å². The number of nitrogens with one attached hydrogen (secondary N) is 2.